The third kappa shape index (κ3) is 4.45. The summed E-state index contributed by atoms with van der Waals surface area (Å²) in [4.78, 5) is 25.9. The van der Waals surface area contributed by atoms with E-state index in [1.54, 1.807) is 4.90 Å². The number of carbonyl (C=O) groups excluding carboxylic acids is 2. The highest BCUT2D eigenvalue weighted by molar-refractivity contribution is 9.10. The Morgan fingerprint density at radius 2 is 1.67 bits per heavy atom. The molecule has 0 spiro atoms. The Morgan fingerprint density at radius 3 is 2.25 bits per heavy atom. The minimum atomic E-state index is -0.106. The maximum atomic E-state index is 12.3. The number of hydrogen-bond acceptors (Lipinski definition) is 2. The molecule has 0 fully saturated rings. The third-order valence-electron chi connectivity index (χ3n) is 3.83. The van der Waals surface area contributed by atoms with Crippen molar-refractivity contribution in [3.63, 3.8) is 0 Å². The summed E-state index contributed by atoms with van der Waals surface area (Å²) in [6.07, 6.45) is 0.231. The summed E-state index contributed by atoms with van der Waals surface area (Å²) in [5, 5.41) is 2.95. The Labute approximate surface area is 151 Å². The summed E-state index contributed by atoms with van der Waals surface area (Å²) in [7, 11) is 0. The first kappa shape index (κ1) is 18.2. The van der Waals surface area contributed by atoms with Gasteiger partial charge >= 0.3 is 0 Å². The normalized spacial score (nSPS) is 10.3. The van der Waals surface area contributed by atoms with Crippen molar-refractivity contribution in [2.75, 3.05) is 16.8 Å². The lowest BCUT2D eigenvalue weighted by molar-refractivity contribution is -0.117. The van der Waals surface area contributed by atoms with Crippen molar-refractivity contribution >= 4 is 39.1 Å². The van der Waals surface area contributed by atoms with Crippen LogP contribution in [0.15, 0.2) is 46.9 Å². The van der Waals surface area contributed by atoms with Crippen molar-refractivity contribution in [2.45, 2.75) is 27.2 Å². The first-order valence-corrected chi connectivity index (χ1v) is 8.58. The van der Waals surface area contributed by atoms with Crippen molar-refractivity contribution in [2.24, 2.45) is 0 Å². The van der Waals surface area contributed by atoms with Gasteiger partial charge in [0.1, 0.15) is 0 Å². The number of hydrogen-bond donors (Lipinski definition) is 1. The molecule has 2 aromatic rings. The van der Waals surface area contributed by atoms with Gasteiger partial charge in [0.15, 0.2) is 0 Å². The lowest BCUT2D eigenvalue weighted by Gasteiger charge is -2.22. The number of carbonyl (C=O) groups is 2. The van der Waals surface area contributed by atoms with E-state index in [9.17, 15) is 9.59 Å². The molecule has 1 N–H and O–H groups in total. The SMILES string of the molecule is CC(=O)N(CCC(=O)Nc1c(C)cccc1C)c1ccccc1Br. The van der Waals surface area contributed by atoms with Gasteiger partial charge in [-0.3, -0.25) is 9.59 Å². The van der Waals surface area contributed by atoms with Crippen LogP contribution < -0.4 is 10.2 Å². The smallest absolute Gasteiger partial charge is 0.226 e. The zero-order valence-electron chi connectivity index (χ0n) is 14.1. The van der Waals surface area contributed by atoms with Crippen LogP contribution in [-0.2, 0) is 9.59 Å². The van der Waals surface area contributed by atoms with E-state index in [-0.39, 0.29) is 18.2 Å². The Bertz CT molecular complexity index is 739. The summed E-state index contributed by atoms with van der Waals surface area (Å²) in [5.41, 5.74) is 3.66. The molecular weight excluding hydrogens is 368 g/mol. The fourth-order valence-corrected chi connectivity index (χ4v) is 3.04. The van der Waals surface area contributed by atoms with Crippen LogP contribution in [0.3, 0.4) is 0 Å². The molecule has 126 valence electrons. The van der Waals surface area contributed by atoms with Crippen molar-refractivity contribution in [3.05, 3.63) is 58.1 Å². The van der Waals surface area contributed by atoms with Gasteiger partial charge in [0, 0.05) is 30.0 Å². The zero-order valence-corrected chi connectivity index (χ0v) is 15.7. The number of amides is 2. The van der Waals surface area contributed by atoms with Gasteiger partial charge in [-0.05, 0) is 53.0 Å². The van der Waals surface area contributed by atoms with Crippen LogP contribution in [0.25, 0.3) is 0 Å². The first-order chi connectivity index (χ1) is 11.4. The molecule has 0 aliphatic heterocycles. The molecule has 0 bridgehead atoms. The lowest BCUT2D eigenvalue weighted by atomic mass is 10.1. The fourth-order valence-electron chi connectivity index (χ4n) is 2.55. The van der Waals surface area contributed by atoms with E-state index >= 15 is 0 Å². The summed E-state index contributed by atoms with van der Waals surface area (Å²) >= 11 is 3.45. The number of rotatable bonds is 5. The molecule has 0 aliphatic rings. The van der Waals surface area contributed by atoms with Gasteiger partial charge < -0.3 is 10.2 Å². The van der Waals surface area contributed by atoms with Crippen molar-refractivity contribution < 1.29 is 9.59 Å². The Morgan fingerprint density at radius 1 is 1.04 bits per heavy atom. The molecule has 0 saturated carbocycles. The summed E-state index contributed by atoms with van der Waals surface area (Å²) in [6.45, 7) is 5.76. The number of benzene rings is 2. The molecular formula is C19H21BrN2O2. The van der Waals surface area contributed by atoms with E-state index in [0.29, 0.717) is 6.54 Å². The minimum absolute atomic E-state index is 0.0956. The van der Waals surface area contributed by atoms with Crippen LogP contribution >= 0.6 is 15.9 Å². The Kier molecular flexibility index (Phi) is 6.15. The van der Waals surface area contributed by atoms with Gasteiger partial charge in [-0.15, -0.1) is 0 Å². The average molecular weight is 389 g/mol. The molecule has 0 aromatic heterocycles. The lowest BCUT2D eigenvalue weighted by Crippen LogP contribution is -2.32. The van der Waals surface area contributed by atoms with Crippen LogP contribution in [0, 0.1) is 13.8 Å². The second-order valence-electron chi connectivity index (χ2n) is 5.69. The second-order valence-corrected chi connectivity index (χ2v) is 6.54. The van der Waals surface area contributed by atoms with E-state index < -0.39 is 0 Å². The standard InChI is InChI=1S/C19H21BrN2O2/c1-13-7-6-8-14(2)19(13)21-18(24)11-12-22(15(3)23)17-10-5-4-9-16(17)20/h4-10H,11-12H2,1-3H3,(H,21,24). The maximum Gasteiger partial charge on any atom is 0.226 e. The first-order valence-electron chi connectivity index (χ1n) is 7.79. The molecule has 24 heavy (non-hydrogen) atoms. The second kappa shape index (κ2) is 8.11. The third-order valence-corrected chi connectivity index (χ3v) is 4.50. The van der Waals surface area contributed by atoms with E-state index in [2.05, 4.69) is 21.2 Å². The largest absolute Gasteiger partial charge is 0.326 e. The molecule has 4 nitrogen and oxygen atoms in total. The molecule has 0 aliphatic carbocycles. The summed E-state index contributed by atoms with van der Waals surface area (Å²) in [6, 6.07) is 13.4. The van der Waals surface area contributed by atoms with Gasteiger partial charge in [-0.1, -0.05) is 30.3 Å². The monoisotopic (exact) mass is 388 g/mol. The number of para-hydroxylation sites is 2. The Balaban J connectivity index is 2.06. The molecule has 2 aromatic carbocycles. The predicted octanol–water partition coefficient (Wildman–Crippen LogP) is 4.45. The predicted molar refractivity (Wildman–Crippen MR) is 101 cm³/mol. The van der Waals surface area contributed by atoms with Crippen molar-refractivity contribution in [1.82, 2.24) is 0 Å². The molecule has 0 unspecified atom stereocenters. The number of halogens is 1. The molecule has 0 radical (unpaired) electrons. The van der Waals surface area contributed by atoms with Gasteiger partial charge in [-0.2, -0.15) is 0 Å². The molecule has 2 amide bonds. The van der Waals surface area contributed by atoms with E-state index in [4.69, 9.17) is 0 Å². The minimum Gasteiger partial charge on any atom is -0.326 e. The molecule has 2 rings (SSSR count). The summed E-state index contributed by atoms with van der Waals surface area (Å²) < 4.78 is 0.829. The van der Waals surface area contributed by atoms with Gasteiger partial charge in [0.05, 0.1) is 5.69 Å². The number of anilines is 2. The average Bonchev–Trinajstić information content (AvgIpc) is 2.52. The highest BCUT2D eigenvalue weighted by atomic mass is 79.9. The van der Waals surface area contributed by atoms with Crippen LogP contribution in [-0.4, -0.2) is 18.4 Å². The molecule has 0 saturated heterocycles. The quantitative estimate of drug-likeness (QED) is 0.822. The fraction of sp³-hybridized carbons (Fsp3) is 0.263. The van der Waals surface area contributed by atoms with Crippen LogP contribution in [0.4, 0.5) is 11.4 Å². The Hall–Kier alpha value is -2.14. The number of nitrogens with zero attached hydrogens (tertiary/aromatic N) is 1. The number of nitrogens with one attached hydrogen (secondary N) is 1. The topological polar surface area (TPSA) is 49.4 Å². The molecule has 0 heterocycles. The van der Waals surface area contributed by atoms with Gasteiger partial charge in [0.25, 0.3) is 0 Å². The van der Waals surface area contributed by atoms with E-state index in [0.717, 1.165) is 27.0 Å². The van der Waals surface area contributed by atoms with Gasteiger partial charge in [-0.25, -0.2) is 0 Å². The van der Waals surface area contributed by atoms with Crippen molar-refractivity contribution in [1.29, 1.82) is 0 Å². The van der Waals surface area contributed by atoms with Crippen LogP contribution in [0.2, 0.25) is 0 Å². The highest BCUT2D eigenvalue weighted by Gasteiger charge is 2.16. The molecule has 5 heteroatoms. The highest BCUT2D eigenvalue weighted by Crippen LogP contribution is 2.26. The zero-order chi connectivity index (χ0) is 17.7. The van der Waals surface area contributed by atoms with Crippen molar-refractivity contribution in [3.8, 4) is 0 Å². The summed E-state index contributed by atoms with van der Waals surface area (Å²) in [5.74, 6) is -0.201. The van der Waals surface area contributed by atoms with Crippen LogP contribution in [0.1, 0.15) is 24.5 Å². The van der Waals surface area contributed by atoms with Gasteiger partial charge in [0.2, 0.25) is 11.8 Å². The number of aryl methyl sites for hydroxylation is 2. The van der Waals surface area contributed by atoms with E-state index in [1.165, 1.54) is 6.92 Å². The maximum absolute atomic E-state index is 12.3. The van der Waals surface area contributed by atoms with E-state index in [1.807, 2.05) is 56.3 Å². The molecule has 0 atom stereocenters. The van der Waals surface area contributed by atoms with Crippen LogP contribution in [0.5, 0.6) is 0 Å².